The number of allylic oxidation sites excluding steroid dienone is 4. The first-order valence-corrected chi connectivity index (χ1v) is 15.6. The van der Waals surface area contributed by atoms with E-state index in [1.807, 2.05) is 13.8 Å². The summed E-state index contributed by atoms with van der Waals surface area (Å²) >= 11 is 0. The van der Waals surface area contributed by atoms with Crippen molar-refractivity contribution in [3.63, 3.8) is 0 Å². The molecule has 6 aliphatic rings. The number of fused-ring (bicyclic) bond motifs is 5. The molecule has 0 heterocycles. The summed E-state index contributed by atoms with van der Waals surface area (Å²) in [5, 5.41) is 12.3. The Morgan fingerprint density at radius 1 is 1.00 bits per heavy atom. The van der Waals surface area contributed by atoms with Crippen LogP contribution in [-0.2, 0) is 28.7 Å². The van der Waals surface area contributed by atoms with Crippen LogP contribution in [0.1, 0.15) is 91.4 Å². The molecule has 0 aromatic carbocycles. The van der Waals surface area contributed by atoms with Gasteiger partial charge in [-0.2, -0.15) is 0 Å². The molecule has 0 aromatic rings. The maximum absolute atomic E-state index is 18.1. The minimum Gasteiger partial charge on any atom is -0.459 e. The molecular weight excluding hydrogens is 527 g/mol. The zero-order valence-electron chi connectivity index (χ0n) is 24.5. The number of hydrogen-bond acceptors (Lipinski definition) is 7. The van der Waals surface area contributed by atoms with Gasteiger partial charge in [0.05, 0.1) is 11.8 Å². The van der Waals surface area contributed by atoms with Crippen LogP contribution in [-0.4, -0.2) is 52.6 Å². The molecule has 7 nitrogen and oxygen atoms in total. The summed E-state index contributed by atoms with van der Waals surface area (Å²) in [6, 6.07) is 0. The number of rotatable bonds is 6. The Balaban J connectivity index is 1.33. The molecule has 5 saturated carbocycles. The third kappa shape index (κ3) is 4.13. The average molecular weight is 571 g/mol. The molecule has 6 rings (SSSR count). The van der Waals surface area contributed by atoms with Crippen LogP contribution in [0.15, 0.2) is 23.8 Å². The second-order valence-corrected chi connectivity index (χ2v) is 14.2. The van der Waals surface area contributed by atoms with Crippen molar-refractivity contribution in [2.45, 2.75) is 109 Å². The van der Waals surface area contributed by atoms with Gasteiger partial charge in [-0.05, 0) is 82.3 Å². The van der Waals surface area contributed by atoms with Gasteiger partial charge in [0.25, 0.3) is 0 Å². The van der Waals surface area contributed by atoms with Crippen LogP contribution in [0.25, 0.3) is 0 Å². The van der Waals surface area contributed by atoms with E-state index < -0.39 is 64.4 Å². The molecule has 1 N–H and O–H groups in total. The number of alkyl halides is 1. The van der Waals surface area contributed by atoms with E-state index >= 15 is 4.39 Å². The first-order chi connectivity index (χ1) is 19.4. The van der Waals surface area contributed by atoms with Crippen LogP contribution >= 0.6 is 0 Å². The zero-order valence-corrected chi connectivity index (χ0v) is 24.5. The second kappa shape index (κ2) is 9.85. The highest BCUT2D eigenvalue weighted by Gasteiger charge is 2.76. The Labute approximate surface area is 241 Å². The lowest BCUT2D eigenvalue weighted by Gasteiger charge is -2.63. The van der Waals surface area contributed by atoms with E-state index in [4.69, 9.17) is 9.47 Å². The summed E-state index contributed by atoms with van der Waals surface area (Å²) in [5.41, 5.74) is -5.42. The van der Waals surface area contributed by atoms with Gasteiger partial charge in [0.1, 0.15) is 11.7 Å². The second-order valence-electron chi connectivity index (χ2n) is 14.2. The molecule has 224 valence electrons. The molecule has 5 fully saturated rings. The highest BCUT2D eigenvalue weighted by atomic mass is 19.1. The number of aliphatic hydroxyl groups is 1. The Morgan fingerprint density at radius 3 is 2.37 bits per heavy atom. The van der Waals surface area contributed by atoms with Crippen LogP contribution < -0.4 is 0 Å². The quantitative estimate of drug-likeness (QED) is 0.449. The molecule has 0 spiro atoms. The van der Waals surface area contributed by atoms with E-state index in [9.17, 15) is 24.3 Å². The van der Waals surface area contributed by atoms with Crippen LogP contribution in [0.4, 0.5) is 4.39 Å². The van der Waals surface area contributed by atoms with Crippen LogP contribution in [0.3, 0.4) is 0 Å². The Morgan fingerprint density at radius 2 is 1.68 bits per heavy atom. The number of hydrogen-bond donors (Lipinski definition) is 1. The van der Waals surface area contributed by atoms with E-state index in [-0.39, 0.29) is 30.0 Å². The van der Waals surface area contributed by atoms with E-state index in [1.54, 1.807) is 13.0 Å². The fraction of sp³-hybridized carbons (Fsp3) is 0.758. The summed E-state index contributed by atoms with van der Waals surface area (Å²) in [6.07, 6.45) is 10.6. The molecule has 41 heavy (non-hydrogen) atoms. The molecule has 6 aliphatic carbocycles. The lowest BCUT2D eigenvalue weighted by Crippen LogP contribution is -2.70. The smallest absolute Gasteiger partial charge is 0.309 e. The van der Waals surface area contributed by atoms with Gasteiger partial charge in [0, 0.05) is 16.7 Å². The van der Waals surface area contributed by atoms with Gasteiger partial charge in [0.2, 0.25) is 5.78 Å². The maximum atomic E-state index is 18.1. The van der Waals surface area contributed by atoms with E-state index in [1.165, 1.54) is 12.2 Å². The first kappa shape index (κ1) is 28.8. The van der Waals surface area contributed by atoms with Crippen LogP contribution in [0, 0.1) is 40.4 Å². The third-order valence-corrected chi connectivity index (χ3v) is 12.1. The molecule has 8 atom stereocenters. The minimum absolute atomic E-state index is 0.0308. The molecule has 0 bridgehead atoms. The number of ether oxygens (including phenoxy) is 2. The average Bonchev–Trinajstić information content (AvgIpc) is 3.78. The largest absolute Gasteiger partial charge is 0.459 e. The molecule has 0 saturated heterocycles. The highest BCUT2D eigenvalue weighted by Crippen LogP contribution is 2.71. The monoisotopic (exact) mass is 570 g/mol. The molecular formula is C33H43FO7. The Hall–Kier alpha value is -2.35. The van der Waals surface area contributed by atoms with Crippen molar-refractivity contribution in [2.24, 2.45) is 40.4 Å². The number of Topliss-reactive ketones (excluding diaryl/α,β-unsaturated/α-hetero) is 1. The molecule has 0 radical (unpaired) electrons. The van der Waals surface area contributed by atoms with Crippen molar-refractivity contribution >= 4 is 23.5 Å². The summed E-state index contributed by atoms with van der Waals surface area (Å²) < 4.78 is 29.6. The fourth-order valence-electron chi connectivity index (χ4n) is 9.49. The first-order valence-electron chi connectivity index (χ1n) is 15.6. The maximum Gasteiger partial charge on any atom is 0.309 e. The van der Waals surface area contributed by atoms with E-state index in [0.717, 1.165) is 32.1 Å². The van der Waals surface area contributed by atoms with Gasteiger partial charge < -0.3 is 14.6 Å². The summed E-state index contributed by atoms with van der Waals surface area (Å²) in [5.74, 6) is -3.52. The van der Waals surface area contributed by atoms with E-state index in [2.05, 4.69) is 0 Å². The standard InChI is InChI=1S/C33H43FO7/c1-19-15-25-24-12-11-22-16-23(35)13-14-30(22,2)32(24,34)27(41-29(38)21-9-10-21)17-31(25,3)33(19,39)26(36)18-40-28(37)20-7-5-4-6-8-20/h13-14,16,19-21,24-25,27,39H,4-12,15,17-18H2,1-3H3/t19-,24+,25+,27+,30+,31+,32+,33+/m1/s1. The fourth-order valence-corrected chi connectivity index (χ4v) is 9.49. The normalized spacial score (nSPS) is 43.8. The predicted octanol–water partition coefficient (Wildman–Crippen LogP) is 4.99. The Kier molecular flexibility index (Phi) is 6.91. The van der Waals surface area contributed by atoms with Crippen molar-refractivity contribution < 1.29 is 38.1 Å². The number of ketones is 2. The van der Waals surface area contributed by atoms with Crippen LogP contribution in [0.2, 0.25) is 0 Å². The van der Waals surface area contributed by atoms with E-state index in [0.29, 0.717) is 37.7 Å². The van der Waals surface area contributed by atoms with Gasteiger partial charge in [-0.25, -0.2) is 4.39 Å². The summed E-state index contributed by atoms with van der Waals surface area (Å²) in [6.45, 7) is 4.90. The molecule has 0 aromatic heterocycles. The third-order valence-electron chi connectivity index (χ3n) is 12.1. The molecule has 8 heteroatoms. The Bertz CT molecular complexity index is 1210. The molecule has 0 unspecified atom stereocenters. The van der Waals surface area contributed by atoms with Gasteiger partial charge in [-0.15, -0.1) is 0 Å². The van der Waals surface area contributed by atoms with Crippen molar-refractivity contribution in [3.05, 3.63) is 23.8 Å². The lowest BCUT2D eigenvalue weighted by molar-refractivity contribution is -0.231. The van der Waals surface area contributed by atoms with Gasteiger partial charge in [-0.3, -0.25) is 19.2 Å². The summed E-state index contributed by atoms with van der Waals surface area (Å²) in [4.78, 5) is 51.9. The van der Waals surface area contributed by atoms with Crippen molar-refractivity contribution in [2.75, 3.05) is 6.61 Å². The van der Waals surface area contributed by atoms with Gasteiger partial charge >= 0.3 is 11.9 Å². The van der Waals surface area contributed by atoms with Crippen molar-refractivity contribution in [3.8, 4) is 0 Å². The minimum atomic E-state index is -2.01. The predicted molar refractivity (Wildman–Crippen MR) is 147 cm³/mol. The van der Waals surface area contributed by atoms with Gasteiger partial charge in [-0.1, -0.05) is 44.8 Å². The molecule has 0 aliphatic heterocycles. The number of carbonyl (C=O) groups is 4. The van der Waals surface area contributed by atoms with Crippen molar-refractivity contribution in [1.29, 1.82) is 0 Å². The number of halogens is 1. The lowest BCUT2D eigenvalue weighted by atomic mass is 9.44. The number of esters is 2. The van der Waals surface area contributed by atoms with Gasteiger partial charge in [0.15, 0.2) is 18.1 Å². The number of carbonyl (C=O) groups excluding carboxylic acids is 4. The summed E-state index contributed by atoms with van der Waals surface area (Å²) in [7, 11) is 0. The SMILES string of the molecule is C[C@@H]1C[C@H]2[C@@H]3CCC4=CC(=O)C=C[C@]4(C)[C@@]3(F)[C@@H](OC(=O)C3CC3)C[C@]2(C)[C@@]1(O)C(=O)COC(=O)C1CCCCC1. The topological polar surface area (TPSA) is 107 Å². The zero-order chi connectivity index (χ0) is 29.4. The molecule has 0 amide bonds. The highest BCUT2D eigenvalue weighted by molar-refractivity contribution is 6.01. The van der Waals surface area contributed by atoms with Crippen LogP contribution in [0.5, 0.6) is 0 Å². The van der Waals surface area contributed by atoms with Crippen molar-refractivity contribution in [1.82, 2.24) is 0 Å².